The van der Waals surface area contributed by atoms with Crippen molar-refractivity contribution in [2.75, 3.05) is 26.2 Å². The summed E-state index contributed by atoms with van der Waals surface area (Å²) in [4.78, 5) is 2.37. The number of benzene rings is 1. The number of hydrogen-bond acceptors (Lipinski definition) is 3. The summed E-state index contributed by atoms with van der Waals surface area (Å²) in [5.41, 5.74) is 7.42. The van der Waals surface area contributed by atoms with Gasteiger partial charge in [-0.25, -0.2) is 0 Å². The molecule has 1 aliphatic rings. The summed E-state index contributed by atoms with van der Waals surface area (Å²) < 4.78 is 5.79. The average Bonchev–Trinajstić information content (AvgIpc) is 2.75. The maximum absolute atomic E-state index is 5.88. The van der Waals surface area contributed by atoms with E-state index in [0.717, 1.165) is 38.4 Å². The fourth-order valence-corrected chi connectivity index (χ4v) is 2.41. The van der Waals surface area contributed by atoms with Crippen molar-refractivity contribution in [3.63, 3.8) is 0 Å². The molecular weight excluding hydrogens is 236 g/mol. The second kappa shape index (κ2) is 5.93. The van der Waals surface area contributed by atoms with Gasteiger partial charge in [0.1, 0.15) is 12.4 Å². The summed E-state index contributed by atoms with van der Waals surface area (Å²) in [7, 11) is 0. The fraction of sp³-hybridized carbons (Fsp3) is 0.625. The van der Waals surface area contributed by atoms with Gasteiger partial charge in [0.15, 0.2) is 0 Å². The van der Waals surface area contributed by atoms with Gasteiger partial charge in [0.2, 0.25) is 0 Å². The predicted octanol–water partition coefficient (Wildman–Crippen LogP) is 2.40. The molecule has 1 aliphatic heterocycles. The van der Waals surface area contributed by atoms with Crippen LogP contribution in [0.1, 0.15) is 32.8 Å². The lowest BCUT2D eigenvalue weighted by atomic mass is 9.87. The van der Waals surface area contributed by atoms with Crippen LogP contribution in [0.4, 0.5) is 0 Å². The molecule has 106 valence electrons. The lowest BCUT2D eigenvalue weighted by Crippen LogP contribution is -2.29. The molecule has 0 bridgehead atoms. The maximum Gasteiger partial charge on any atom is 0.119 e. The summed E-state index contributed by atoms with van der Waals surface area (Å²) in [5.74, 6) is 0.955. The monoisotopic (exact) mass is 262 g/mol. The largest absolute Gasteiger partial charge is 0.492 e. The van der Waals surface area contributed by atoms with Gasteiger partial charge in [-0.2, -0.15) is 0 Å². The summed E-state index contributed by atoms with van der Waals surface area (Å²) in [6.45, 7) is 10.5. The molecular formula is C16H26N2O. The van der Waals surface area contributed by atoms with Gasteiger partial charge in [-0.15, -0.1) is 0 Å². The van der Waals surface area contributed by atoms with Crippen molar-refractivity contribution in [2.24, 2.45) is 5.73 Å². The minimum Gasteiger partial charge on any atom is -0.492 e. The van der Waals surface area contributed by atoms with Gasteiger partial charge in [0, 0.05) is 19.1 Å². The summed E-state index contributed by atoms with van der Waals surface area (Å²) in [6, 6.07) is 8.79. The van der Waals surface area contributed by atoms with Gasteiger partial charge in [-0.1, -0.05) is 32.9 Å². The number of ether oxygens (including phenoxy) is 1. The minimum atomic E-state index is 0.199. The molecule has 19 heavy (non-hydrogen) atoms. The van der Waals surface area contributed by atoms with E-state index in [1.165, 1.54) is 5.56 Å². The summed E-state index contributed by atoms with van der Waals surface area (Å²) in [5, 5.41) is 0. The molecule has 1 saturated heterocycles. The highest BCUT2D eigenvalue weighted by atomic mass is 16.5. The van der Waals surface area contributed by atoms with Gasteiger partial charge >= 0.3 is 0 Å². The first kappa shape index (κ1) is 14.4. The van der Waals surface area contributed by atoms with Crippen molar-refractivity contribution >= 4 is 0 Å². The number of rotatable bonds is 4. The van der Waals surface area contributed by atoms with Crippen molar-refractivity contribution in [2.45, 2.75) is 38.6 Å². The van der Waals surface area contributed by atoms with E-state index in [4.69, 9.17) is 10.5 Å². The molecule has 1 fully saturated rings. The van der Waals surface area contributed by atoms with E-state index in [1.807, 2.05) is 0 Å². The first-order valence-electron chi connectivity index (χ1n) is 7.16. The first-order valence-corrected chi connectivity index (χ1v) is 7.16. The van der Waals surface area contributed by atoms with E-state index in [-0.39, 0.29) is 5.41 Å². The Morgan fingerprint density at radius 3 is 2.47 bits per heavy atom. The van der Waals surface area contributed by atoms with Crippen LogP contribution >= 0.6 is 0 Å². The second-order valence-electron chi connectivity index (χ2n) is 6.47. The van der Waals surface area contributed by atoms with Crippen molar-refractivity contribution in [3.8, 4) is 5.75 Å². The number of likely N-dealkylation sites (tertiary alicyclic amines) is 1. The predicted molar refractivity (Wildman–Crippen MR) is 79.7 cm³/mol. The highest BCUT2D eigenvalue weighted by molar-refractivity contribution is 5.31. The molecule has 0 aliphatic carbocycles. The second-order valence-corrected chi connectivity index (χ2v) is 6.47. The zero-order valence-electron chi connectivity index (χ0n) is 12.4. The van der Waals surface area contributed by atoms with Gasteiger partial charge < -0.3 is 10.5 Å². The zero-order valence-corrected chi connectivity index (χ0v) is 12.4. The van der Waals surface area contributed by atoms with E-state index < -0.39 is 0 Å². The Labute approximate surface area is 116 Å². The fourth-order valence-electron chi connectivity index (χ4n) is 2.41. The molecule has 0 unspecified atom stereocenters. The lowest BCUT2D eigenvalue weighted by molar-refractivity contribution is 0.236. The van der Waals surface area contributed by atoms with Crippen LogP contribution in [0.3, 0.4) is 0 Å². The average molecular weight is 262 g/mol. The molecule has 2 rings (SSSR count). The summed E-state index contributed by atoms with van der Waals surface area (Å²) >= 11 is 0. The number of hydrogen-bond donors (Lipinski definition) is 1. The molecule has 1 aromatic rings. The van der Waals surface area contributed by atoms with E-state index >= 15 is 0 Å². The van der Waals surface area contributed by atoms with Crippen LogP contribution in [-0.2, 0) is 5.41 Å². The highest BCUT2D eigenvalue weighted by Crippen LogP contribution is 2.24. The van der Waals surface area contributed by atoms with Crippen LogP contribution in [0.2, 0.25) is 0 Å². The van der Waals surface area contributed by atoms with E-state index in [0.29, 0.717) is 6.04 Å². The molecule has 0 saturated carbocycles. The molecule has 0 spiro atoms. The van der Waals surface area contributed by atoms with Crippen LogP contribution in [0.5, 0.6) is 5.75 Å². The molecule has 0 radical (unpaired) electrons. The third-order valence-electron chi connectivity index (χ3n) is 3.71. The van der Waals surface area contributed by atoms with Crippen LogP contribution in [0, 0.1) is 0 Å². The van der Waals surface area contributed by atoms with Crippen LogP contribution in [-0.4, -0.2) is 37.2 Å². The third kappa shape index (κ3) is 4.22. The molecule has 2 N–H and O–H groups in total. The Balaban J connectivity index is 1.77. The Kier molecular flexibility index (Phi) is 4.48. The van der Waals surface area contributed by atoms with Gasteiger partial charge in [-0.3, -0.25) is 4.90 Å². The molecule has 1 atom stereocenters. The van der Waals surface area contributed by atoms with E-state index in [2.05, 4.69) is 49.9 Å². The molecule has 1 heterocycles. The van der Waals surface area contributed by atoms with E-state index in [9.17, 15) is 0 Å². The Morgan fingerprint density at radius 1 is 1.26 bits per heavy atom. The quantitative estimate of drug-likeness (QED) is 0.905. The smallest absolute Gasteiger partial charge is 0.119 e. The standard InChI is InChI=1S/C16H26N2O/c1-16(2,3)13-4-6-15(7-5-13)19-11-10-18-9-8-14(17)12-18/h4-7,14H,8-12,17H2,1-3H3/t14-/m1/s1. The van der Waals surface area contributed by atoms with Crippen molar-refractivity contribution in [1.82, 2.24) is 4.90 Å². The SMILES string of the molecule is CC(C)(C)c1ccc(OCCN2CC[C@@H](N)C2)cc1. The van der Waals surface area contributed by atoms with Gasteiger partial charge in [-0.05, 0) is 36.1 Å². The highest BCUT2D eigenvalue weighted by Gasteiger charge is 2.18. The van der Waals surface area contributed by atoms with Crippen molar-refractivity contribution in [3.05, 3.63) is 29.8 Å². The van der Waals surface area contributed by atoms with Gasteiger partial charge in [0.25, 0.3) is 0 Å². The van der Waals surface area contributed by atoms with Crippen molar-refractivity contribution in [1.29, 1.82) is 0 Å². The normalized spacial score (nSPS) is 20.7. The van der Waals surface area contributed by atoms with Crippen molar-refractivity contribution < 1.29 is 4.74 Å². The number of nitrogens with zero attached hydrogens (tertiary/aromatic N) is 1. The Morgan fingerprint density at radius 2 is 1.95 bits per heavy atom. The molecule has 1 aromatic carbocycles. The topological polar surface area (TPSA) is 38.5 Å². The number of nitrogens with two attached hydrogens (primary N) is 1. The zero-order chi connectivity index (χ0) is 13.9. The minimum absolute atomic E-state index is 0.199. The molecule has 0 amide bonds. The summed E-state index contributed by atoms with van der Waals surface area (Å²) in [6.07, 6.45) is 1.11. The Hall–Kier alpha value is -1.06. The third-order valence-corrected chi connectivity index (χ3v) is 3.71. The maximum atomic E-state index is 5.88. The van der Waals surface area contributed by atoms with E-state index in [1.54, 1.807) is 0 Å². The molecule has 3 heteroatoms. The lowest BCUT2D eigenvalue weighted by Gasteiger charge is -2.19. The first-order chi connectivity index (χ1) is 8.95. The van der Waals surface area contributed by atoms with Crippen LogP contribution in [0.25, 0.3) is 0 Å². The van der Waals surface area contributed by atoms with Crippen LogP contribution < -0.4 is 10.5 Å². The Bertz CT molecular complexity index is 394. The molecule has 3 nitrogen and oxygen atoms in total. The molecule has 0 aromatic heterocycles. The van der Waals surface area contributed by atoms with Gasteiger partial charge in [0.05, 0.1) is 0 Å². The van der Waals surface area contributed by atoms with Crippen LogP contribution in [0.15, 0.2) is 24.3 Å².